The van der Waals surface area contributed by atoms with Crippen molar-refractivity contribution >= 4 is 17.6 Å². The minimum atomic E-state index is -0.617. The summed E-state index contributed by atoms with van der Waals surface area (Å²) in [7, 11) is 0. The number of ether oxygens (including phenoxy) is 1. The average Bonchev–Trinajstić information content (AvgIpc) is 2.48. The number of phenols is 1. The largest absolute Gasteiger partial charge is 0.508 e. The number of aromatic hydroxyl groups is 1. The molecular weight excluding hydrogens is 270 g/mol. The third kappa shape index (κ3) is 4.35. The molecule has 0 aliphatic heterocycles. The highest BCUT2D eigenvalue weighted by Crippen LogP contribution is 2.11. The van der Waals surface area contributed by atoms with Gasteiger partial charge in [-0.15, -0.1) is 0 Å². The fraction of sp³-hybridized carbons (Fsp3) is 0.125. The van der Waals surface area contributed by atoms with E-state index in [-0.39, 0.29) is 17.9 Å². The highest BCUT2D eigenvalue weighted by atomic mass is 16.5. The number of benzene rings is 2. The van der Waals surface area contributed by atoms with Gasteiger partial charge >= 0.3 is 5.97 Å². The maximum Gasteiger partial charge on any atom is 0.338 e. The Bertz CT molecular complexity index is 632. The quantitative estimate of drug-likeness (QED) is 0.846. The molecule has 2 rings (SSSR count). The van der Waals surface area contributed by atoms with Crippen molar-refractivity contribution in [1.82, 2.24) is 0 Å². The summed E-state index contributed by atoms with van der Waals surface area (Å²) >= 11 is 0. The predicted octanol–water partition coefficient (Wildman–Crippen LogP) is 2.50. The smallest absolute Gasteiger partial charge is 0.338 e. The molecule has 5 nitrogen and oxygen atoms in total. The maximum atomic E-state index is 11.7. The Labute approximate surface area is 122 Å². The lowest BCUT2D eigenvalue weighted by Gasteiger charge is -2.07. The number of carbonyl (C=O) groups excluding carboxylic acids is 2. The molecule has 0 atom stereocenters. The molecule has 0 radical (unpaired) electrons. The van der Waals surface area contributed by atoms with Crippen LogP contribution in [-0.2, 0) is 9.53 Å². The van der Waals surface area contributed by atoms with Gasteiger partial charge in [0.25, 0.3) is 5.91 Å². The highest BCUT2D eigenvalue weighted by Gasteiger charge is 2.10. The van der Waals surface area contributed by atoms with E-state index in [1.54, 1.807) is 12.1 Å². The van der Waals surface area contributed by atoms with Gasteiger partial charge in [0, 0.05) is 5.69 Å². The van der Waals surface area contributed by atoms with Crippen LogP contribution in [0.4, 0.5) is 5.69 Å². The summed E-state index contributed by atoms with van der Waals surface area (Å²) in [5.74, 6) is -0.969. The van der Waals surface area contributed by atoms with Crippen molar-refractivity contribution in [2.75, 3.05) is 11.9 Å². The molecule has 2 N–H and O–H groups in total. The van der Waals surface area contributed by atoms with Gasteiger partial charge in [0.1, 0.15) is 5.75 Å². The molecule has 0 fully saturated rings. The number of hydrogen-bond acceptors (Lipinski definition) is 4. The van der Waals surface area contributed by atoms with E-state index >= 15 is 0 Å². The van der Waals surface area contributed by atoms with E-state index in [0.29, 0.717) is 5.69 Å². The van der Waals surface area contributed by atoms with Crippen LogP contribution in [0.2, 0.25) is 0 Å². The topological polar surface area (TPSA) is 75.6 Å². The normalized spacial score (nSPS) is 9.95. The Balaban J connectivity index is 1.84. The monoisotopic (exact) mass is 285 g/mol. The van der Waals surface area contributed by atoms with Crippen molar-refractivity contribution in [2.24, 2.45) is 0 Å². The summed E-state index contributed by atoms with van der Waals surface area (Å²) in [6, 6.07) is 12.9. The van der Waals surface area contributed by atoms with E-state index in [4.69, 9.17) is 9.84 Å². The number of aryl methyl sites for hydroxylation is 1. The lowest BCUT2D eigenvalue weighted by molar-refractivity contribution is -0.119. The Morgan fingerprint density at radius 2 is 1.67 bits per heavy atom. The van der Waals surface area contributed by atoms with Crippen LogP contribution in [0.15, 0.2) is 48.5 Å². The van der Waals surface area contributed by atoms with Gasteiger partial charge in [-0.1, -0.05) is 17.7 Å². The predicted molar refractivity (Wildman–Crippen MR) is 78.2 cm³/mol. The van der Waals surface area contributed by atoms with Crippen LogP contribution in [0.25, 0.3) is 0 Å². The second-order valence-electron chi connectivity index (χ2n) is 4.54. The lowest BCUT2D eigenvalue weighted by Crippen LogP contribution is -2.20. The van der Waals surface area contributed by atoms with Crippen molar-refractivity contribution in [3.05, 3.63) is 59.7 Å². The van der Waals surface area contributed by atoms with Gasteiger partial charge in [0.15, 0.2) is 6.61 Å². The summed E-state index contributed by atoms with van der Waals surface area (Å²) in [6.45, 7) is 1.58. The number of phenolic OH excluding ortho intramolecular Hbond substituents is 1. The van der Waals surface area contributed by atoms with Gasteiger partial charge in [-0.2, -0.15) is 0 Å². The summed E-state index contributed by atoms with van der Waals surface area (Å²) < 4.78 is 4.89. The molecule has 0 aliphatic rings. The molecule has 5 heteroatoms. The van der Waals surface area contributed by atoms with Crippen LogP contribution in [-0.4, -0.2) is 23.6 Å². The first kappa shape index (κ1) is 14.6. The average molecular weight is 285 g/mol. The minimum absolute atomic E-state index is 0.0589. The lowest BCUT2D eigenvalue weighted by atomic mass is 10.2. The van der Waals surface area contributed by atoms with E-state index in [2.05, 4.69) is 5.32 Å². The first-order valence-corrected chi connectivity index (χ1v) is 6.37. The molecule has 0 saturated heterocycles. The zero-order valence-electron chi connectivity index (χ0n) is 11.5. The number of amides is 1. The van der Waals surface area contributed by atoms with E-state index in [1.807, 2.05) is 19.1 Å². The first-order chi connectivity index (χ1) is 10.0. The third-order valence-electron chi connectivity index (χ3n) is 2.77. The number of hydrogen-bond donors (Lipinski definition) is 2. The standard InChI is InChI=1S/C16H15NO4/c1-11-2-6-13(7-3-11)17-15(19)10-21-16(20)12-4-8-14(18)9-5-12/h2-9,18H,10H2,1H3,(H,17,19). The molecule has 0 heterocycles. The number of anilines is 1. The van der Waals surface area contributed by atoms with E-state index in [9.17, 15) is 9.59 Å². The Morgan fingerprint density at radius 1 is 1.05 bits per heavy atom. The van der Waals surface area contributed by atoms with E-state index in [0.717, 1.165) is 5.56 Å². The summed E-state index contributed by atoms with van der Waals surface area (Å²) in [6.07, 6.45) is 0. The van der Waals surface area contributed by atoms with Crippen LogP contribution >= 0.6 is 0 Å². The number of esters is 1. The molecule has 0 spiro atoms. The molecule has 2 aromatic carbocycles. The van der Waals surface area contributed by atoms with Gasteiger partial charge in [0.2, 0.25) is 0 Å². The van der Waals surface area contributed by atoms with E-state index in [1.165, 1.54) is 24.3 Å². The van der Waals surface area contributed by atoms with E-state index < -0.39 is 11.9 Å². The Kier molecular flexibility index (Phi) is 4.56. The van der Waals surface area contributed by atoms with Crippen LogP contribution in [0.1, 0.15) is 15.9 Å². The zero-order chi connectivity index (χ0) is 15.2. The third-order valence-corrected chi connectivity index (χ3v) is 2.77. The molecule has 0 bridgehead atoms. The van der Waals surface area contributed by atoms with Crippen molar-refractivity contribution in [2.45, 2.75) is 6.92 Å². The molecule has 1 amide bonds. The Morgan fingerprint density at radius 3 is 2.29 bits per heavy atom. The van der Waals surface area contributed by atoms with Crippen molar-refractivity contribution < 1.29 is 19.4 Å². The molecule has 0 unspecified atom stereocenters. The van der Waals surface area contributed by atoms with Gasteiger partial charge in [-0.05, 0) is 43.3 Å². The molecular formula is C16H15NO4. The highest BCUT2D eigenvalue weighted by molar-refractivity contribution is 5.95. The number of rotatable bonds is 4. The van der Waals surface area contributed by atoms with Gasteiger partial charge < -0.3 is 15.2 Å². The fourth-order valence-corrected chi connectivity index (χ4v) is 1.65. The SMILES string of the molecule is Cc1ccc(NC(=O)COC(=O)c2ccc(O)cc2)cc1. The molecule has 2 aromatic rings. The summed E-state index contributed by atoms with van der Waals surface area (Å²) in [4.78, 5) is 23.3. The van der Waals surface area contributed by atoms with Crippen LogP contribution in [0.3, 0.4) is 0 Å². The number of nitrogens with one attached hydrogen (secondary N) is 1. The molecule has 0 aromatic heterocycles. The Hall–Kier alpha value is -2.82. The van der Waals surface area contributed by atoms with Crippen LogP contribution in [0, 0.1) is 6.92 Å². The van der Waals surface area contributed by atoms with Gasteiger partial charge in [-0.3, -0.25) is 4.79 Å². The number of carbonyl (C=O) groups is 2. The molecule has 108 valence electrons. The fourth-order valence-electron chi connectivity index (χ4n) is 1.65. The first-order valence-electron chi connectivity index (χ1n) is 6.37. The molecule has 0 saturated carbocycles. The summed E-state index contributed by atoms with van der Waals surface area (Å²) in [5, 5.41) is 11.8. The zero-order valence-corrected chi connectivity index (χ0v) is 11.5. The van der Waals surface area contributed by atoms with Crippen molar-refractivity contribution in [3.63, 3.8) is 0 Å². The van der Waals surface area contributed by atoms with Crippen molar-refractivity contribution in [1.29, 1.82) is 0 Å². The van der Waals surface area contributed by atoms with Gasteiger partial charge in [0.05, 0.1) is 5.56 Å². The molecule has 0 aliphatic carbocycles. The molecule has 21 heavy (non-hydrogen) atoms. The summed E-state index contributed by atoms with van der Waals surface area (Å²) in [5.41, 5.74) is 2.01. The second-order valence-corrected chi connectivity index (χ2v) is 4.54. The van der Waals surface area contributed by atoms with Gasteiger partial charge in [-0.25, -0.2) is 4.79 Å². The maximum absolute atomic E-state index is 11.7. The van der Waals surface area contributed by atoms with Crippen LogP contribution in [0.5, 0.6) is 5.75 Å². The van der Waals surface area contributed by atoms with Crippen molar-refractivity contribution in [3.8, 4) is 5.75 Å². The van der Waals surface area contributed by atoms with Crippen LogP contribution < -0.4 is 5.32 Å². The minimum Gasteiger partial charge on any atom is -0.508 e. The second kappa shape index (κ2) is 6.56.